The van der Waals surface area contributed by atoms with Crippen LogP contribution in [0.3, 0.4) is 0 Å². The molecule has 8 heteroatoms. The molecule has 2 heterocycles. The first-order valence-corrected chi connectivity index (χ1v) is 8.02. The quantitative estimate of drug-likeness (QED) is 0.474. The third-order valence-corrected chi connectivity index (χ3v) is 3.81. The van der Waals surface area contributed by atoms with Crippen LogP contribution in [-0.2, 0) is 5.75 Å². The Balaban J connectivity index is 1.96. The third kappa shape index (κ3) is 5.10. The molecule has 0 aliphatic carbocycles. The van der Waals surface area contributed by atoms with E-state index in [1.807, 2.05) is 13.8 Å². The molecule has 0 spiro atoms. The van der Waals surface area contributed by atoms with Crippen molar-refractivity contribution < 1.29 is 9.66 Å². The number of nitro groups is 1. The normalized spacial score (nSPS) is 10.7. The topological polar surface area (TPSA) is 98.1 Å². The van der Waals surface area contributed by atoms with E-state index in [0.717, 1.165) is 5.69 Å². The Morgan fingerprint density at radius 3 is 2.78 bits per heavy atom. The largest absolute Gasteiger partial charge is 0.488 e. The second-order valence-electron chi connectivity index (χ2n) is 5.29. The van der Waals surface area contributed by atoms with Gasteiger partial charge in [-0.1, -0.05) is 13.8 Å². The van der Waals surface area contributed by atoms with E-state index >= 15 is 0 Å². The van der Waals surface area contributed by atoms with E-state index in [1.165, 1.54) is 30.1 Å². The maximum absolute atomic E-state index is 11.9. The predicted molar refractivity (Wildman–Crippen MR) is 87.8 cm³/mol. The van der Waals surface area contributed by atoms with Crippen molar-refractivity contribution in [3.63, 3.8) is 0 Å². The van der Waals surface area contributed by atoms with Crippen molar-refractivity contribution >= 4 is 17.4 Å². The molecule has 1 N–H and O–H groups in total. The van der Waals surface area contributed by atoms with E-state index < -0.39 is 4.92 Å². The molecular weight excluding hydrogens is 318 g/mol. The van der Waals surface area contributed by atoms with Gasteiger partial charge in [0.2, 0.25) is 5.43 Å². The van der Waals surface area contributed by atoms with Crippen molar-refractivity contribution in [1.82, 2.24) is 9.97 Å². The average molecular weight is 335 g/mol. The molecule has 23 heavy (non-hydrogen) atoms. The van der Waals surface area contributed by atoms with Gasteiger partial charge in [-0.15, -0.1) is 11.8 Å². The zero-order chi connectivity index (χ0) is 16.8. The van der Waals surface area contributed by atoms with Crippen LogP contribution in [0, 0.1) is 16.0 Å². The Morgan fingerprint density at radius 1 is 1.43 bits per heavy atom. The second kappa shape index (κ2) is 7.77. The van der Waals surface area contributed by atoms with Gasteiger partial charge in [-0.05, 0) is 12.0 Å². The van der Waals surface area contributed by atoms with Crippen LogP contribution in [-0.4, -0.2) is 21.5 Å². The number of thioether (sulfide) groups is 1. The first kappa shape index (κ1) is 17.0. The van der Waals surface area contributed by atoms with Crippen molar-refractivity contribution in [2.75, 3.05) is 6.61 Å². The van der Waals surface area contributed by atoms with Crippen LogP contribution in [0.25, 0.3) is 0 Å². The van der Waals surface area contributed by atoms with Gasteiger partial charge in [0.15, 0.2) is 5.75 Å². The molecule has 7 nitrogen and oxygen atoms in total. The van der Waals surface area contributed by atoms with E-state index in [0.29, 0.717) is 29.1 Å². The summed E-state index contributed by atoms with van der Waals surface area (Å²) in [5.74, 6) is 1.16. The minimum Gasteiger partial charge on any atom is -0.488 e. The summed E-state index contributed by atoms with van der Waals surface area (Å²) in [4.78, 5) is 29.0. The van der Waals surface area contributed by atoms with Crippen LogP contribution in [0.1, 0.15) is 19.5 Å². The lowest BCUT2D eigenvalue weighted by atomic mass is 10.2. The fourth-order valence-electron chi connectivity index (χ4n) is 1.67. The Hall–Kier alpha value is -2.35. The van der Waals surface area contributed by atoms with E-state index in [1.54, 1.807) is 12.3 Å². The molecule has 0 amide bonds. The maximum Gasteiger partial charge on any atom is 0.287 e. The zero-order valence-electron chi connectivity index (χ0n) is 12.8. The van der Waals surface area contributed by atoms with Crippen molar-refractivity contribution in [3.05, 3.63) is 56.6 Å². The Morgan fingerprint density at radius 2 is 2.22 bits per heavy atom. The molecule has 0 atom stereocenters. The van der Waals surface area contributed by atoms with E-state index in [4.69, 9.17) is 4.74 Å². The van der Waals surface area contributed by atoms with Crippen molar-refractivity contribution in [3.8, 4) is 5.75 Å². The van der Waals surface area contributed by atoms with Crippen LogP contribution in [0.4, 0.5) is 5.69 Å². The summed E-state index contributed by atoms with van der Waals surface area (Å²) in [6.45, 7) is 4.51. The van der Waals surface area contributed by atoms with Crippen LogP contribution in [0.2, 0.25) is 0 Å². The summed E-state index contributed by atoms with van der Waals surface area (Å²) in [6.07, 6.45) is 2.78. The van der Waals surface area contributed by atoms with Gasteiger partial charge in [0.1, 0.15) is 6.20 Å². The van der Waals surface area contributed by atoms with Gasteiger partial charge in [0, 0.05) is 29.8 Å². The van der Waals surface area contributed by atoms with E-state index in [2.05, 4.69) is 9.97 Å². The SMILES string of the molecule is CC(C)COc1c[nH]c(CSc2ccc([N+](=O)[O-])cn2)cc1=O. The van der Waals surface area contributed by atoms with Gasteiger partial charge in [-0.2, -0.15) is 0 Å². The minimum atomic E-state index is -0.491. The van der Waals surface area contributed by atoms with Crippen molar-refractivity contribution in [2.45, 2.75) is 24.6 Å². The molecule has 0 bridgehead atoms. The lowest BCUT2D eigenvalue weighted by Gasteiger charge is -2.08. The second-order valence-corrected chi connectivity index (χ2v) is 6.29. The Labute approximate surface area is 137 Å². The highest BCUT2D eigenvalue weighted by Crippen LogP contribution is 2.21. The fourth-order valence-corrected chi connectivity index (χ4v) is 2.43. The molecule has 0 aromatic carbocycles. The Kier molecular flexibility index (Phi) is 5.75. The van der Waals surface area contributed by atoms with Crippen LogP contribution >= 0.6 is 11.8 Å². The fraction of sp³-hybridized carbons (Fsp3) is 0.333. The Bertz CT molecular complexity index is 728. The highest BCUT2D eigenvalue weighted by Gasteiger charge is 2.07. The number of hydrogen-bond acceptors (Lipinski definition) is 6. The summed E-state index contributed by atoms with van der Waals surface area (Å²) in [5, 5.41) is 11.2. The molecule has 2 aromatic rings. The number of pyridine rings is 2. The molecule has 0 aliphatic heterocycles. The molecule has 2 rings (SSSR count). The summed E-state index contributed by atoms with van der Waals surface area (Å²) in [6, 6.07) is 4.48. The highest BCUT2D eigenvalue weighted by atomic mass is 32.2. The number of H-pyrrole nitrogens is 1. The van der Waals surface area contributed by atoms with E-state index in [-0.39, 0.29) is 11.1 Å². The maximum atomic E-state index is 11.9. The van der Waals surface area contributed by atoms with Gasteiger partial charge in [0.05, 0.1) is 16.6 Å². The smallest absolute Gasteiger partial charge is 0.287 e. The number of hydrogen-bond donors (Lipinski definition) is 1. The number of rotatable bonds is 7. The van der Waals surface area contributed by atoms with Gasteiger partial charge in [-0.3, -0.25) is 14.9 Å². The molecule has 0 radical (unpaired) electrons. The molecule has 0 unspecified atom stereocenters. The summed E-state index contributed by atoms with van der Waals surface area (Å²) in [5.41, 5.74) is 0.517. The molecular formula is C15H17N3O4S. The minimum absolute atomic E-state index is 0.0468. The summed E-state index contributed by atoms with van der Waals surface area (Å²) < 4.78 is 5.42. The molecule has 0 saturated carbocycles. The number of aromatic amines is 1. The first-order chi connectivity index (χ1) is 11.0. The van der Waals surface area contributed by atoms with Gasteiger partial charge >= 0.3 is 0 Å². The van der Waals surface area contributed by atoms with Crippen molar-refractivity contribution in [1.29, 1.82) is 0 Å². The van der Waals surface area contributed by atoms with Crippen LogP contribution in [0.15, 0.2) is 40.4 Å². The van der Waals surface area contributed by atoms with Gasteiger partial charge < -0.3 is 9.72 Å². The lowest BCUT2D eigenvalue weighted by molar-refractivity contribution is -0.385. The molecule has 0 fully saturated rings. The standard InChI is InChI=1S/C15H17N3O4S/c1-10(2)8-22-14-7-16-11(5-13(14)19)9-23-15-4-3-12(6-17-15)18(20)21/h3-7,10H,8-9H2,1-2H3,(H,16,19). The third-order valence-electron chi connectivity index (χ3n) is 2.82. The van der Waals surface area contributed by atoms with Gasteiger partial charge in [-0.25, -0.2) is 4.98 Å². The highest BCUT2D eigenvalue weighted by molar-refractivity contribution is 7.98. The average Bonchev–Trinajstić information content (AvgIpc) is 2.52. The lowest BCUT2D eigenvalue weighted by Crippen LogP contribution is -2.13. The van der Waals surface area contributed by atoms with Crippen LogP contribution in [0.5, 0.6) is 5.75 Å². The monoisotopic (exact) mass is 335 g/mol. The molecule has 0 aliphatic rings. The summed E-state index contributed by atoms with van der Waals surface area (Å²) in [7, 11) is 0. The number of nitrogens with zero attached hydrogens (tertiary/aromatic N) is 2. The number of aromatic nitrogens is 2. The number of nitrogens with one attached hydrogen (secondary N) is 1. The van der Waals surface area contributed by atoms with E-state index in [9.17, 15) is 14.9 Å². The molecule has 2 aromatic heterocycles. The predicted octanol–water partition coefficient (Wildman–Crippen LogP) is 3.01. The first-order valence-electron chi connectivity index (χ1n) is 7.03. The molecule has 122 valence electrons. The summed E-state index contributed by atoms with van der Waals surface area (Å²) >= 11 is 1.38. The zero-order valence-corrected chi connectivity index (χ0v) is 13.6. The number of ether oxygens (including phenoxy) is 1. The van der Waals surface area contributed by atoms with Gasteiger partial charge in [0.25, 0.3) is 5.69 Å². The van der Waals surface area contributed by atoms with Crippen molar-refractivity contribution in [2.24, 2.45) is 5.92 Å². The van der Waals surface area contributed by atoms with Crippen LogP contribution < -0.4 is 10.2 Å². The molecule has 0 saturated heterocycles.